The van der Waals surface area contributed by atoms with Gasteiger partial charge in [0.2, 0.25) is 5.04 Å². The molecule has 0 radical (unpaired) electrons. The van der Waals surface area contributed by atoms with Crippen LogP contribution in [0, 0.1) is 11.8 Å². The molecule has 38 heavy (non-hydrogen) atoms. The van der Waals surface area contributed by atoms with Gasteiger partial charge in [-0.1, -0.05) is 28.8 Å². The third-order valence-corrected chi connectivity index (χ3v) is 12.9. The highest BCUT2D eigenvalue weighted by atomic mass is 79.9. The summed E-state index contributed by atoms with van der Waals surface area (Å²) < 4.78 is 73.3. The first-order chi connectivity index (χ1) is 18.0. The van der Waals surface area contributed by atoms with E-state index in [1.54, 1.807) is 0 Å². The molecule has 3 saturated carbocycles. The fourth-order valence-corrected chi connectivity index (χ4v) is 10.6. The van der Waals surface area contributed by atoms with Crippen LogP contribution in [0.1, 0.15) is 70.6 Å². The summed E-state index contributed by atoms with van der Waals surface area (Å²) in [5, 5.41) is 1.54. The van der Waals surface area contributed by atoms with Crippen molar-refractivity contribution in [1.29, 1.82) is 0 Å². The Labute approximate surface area is 239 Å². The summed E-state index contributed by atoms with van der Waals surface area (Å²) in [5.41, 5.74) is 0. The summed E-state index contributed by atoms with van der Waals surface area (Å²) in [7, 11) is -8.06. The van der Waals surface area contributed by atoms with Crippen LogP contribution < -0.4 is 0 Å². The maximum atomic E-state index is 11.5. The number of alkyl halides is 1. The molecule has 2 heterocycles. The molecule has 7 unspecified atom stereocenters. The van der Waals surface area contributed by atoms with Crippen LogP contribution in [0.15, 0.2) is 12.0 Å². The zero-order chi connectivity index (χ0) is 27.1. The minimum Gasteiger partial charge on any atom is -0.473 e. The Morgan fingerprint density at radius 2 is 1.74 bits per heavy atom. The van der Waals surface area contributed by atoms with Crippen LogP contribution in [0.3, 0.4) is 0 Å². The molecule has 5 aliphatic rings. The molecule has 9 nitrogen and oxygen atoms in total. The number of halogens is 1. The minimum atomic E-state index is -4.04. The number of thioether (sulfide) groups is 1. The second kappa shape index (κ2) is 11.9. The lowest BCUT2D eigenvalue weighted by atomic mass is 9.68. The molecule has 13 heteroatoms. The monoisotopic (exact) mass is 655 g/mol. The summed E-state index contributed by atoms with van der Waals surface area (Å²) >= 11 is 5.63. The van der Waals surface area contributed by atoms with Crippen molar-refractivity contribution in [2.45, 2.75) is 98.9 Å². The molecule has 2 aliphatic heterocycles. The molecule has 4 fully saturated rings. The molecule has 3 aliphatic carbocycles. The molecule has 2 N–H and O–H groups in total. The van der Waals surface area contributed by atoms with E-state index in [4.69, 9.17) is 4.74 Å². The smallest absolute Gasteiger partial charge is 0.265 e. The standard InChI is InChI=1S/C25H39BrN2O7S3/c26-18-8-9-21-20(15-18)27(11-3-13-37(29,30)31)23(35-21)16-24-28(12-4-14-38(32,33)34)25-19-6-2-1-5-17(19)7-10-22(25)36-24/h16-22,25H,1-15H2,(H-,29,30,31,32,33,34)/p+1. The lowest BCUT2D eigenvalue weighted by Gasteiger charge is -2.40. The summed E-state index contributed by atoms with van der Waals surface area (Å²) in [4.78, 5) is 2.56. The molecule has 0 amide bonds. The summed E-state index contributed by atoms with van der Waals surface area (Å²) in [6.45, 7) is 1.04. The van der Waals surface area contributed by atoms with E-state index in [2.05, 4.69) is 31.5 Å². The van der Waals surface area contributed by atoms with E-state index in [9.17, 15) is 25.9 Å². The fraction of sp³-hybridized carbons (Fsp3) is 0.880. The van der Waals surface area contributed by atoms with Gasteiger partial charge in [0.25, 0.3) is 20.2 Å². The van der Waals surface area contributed by atoms with Crippen LogP contribution in [0.2, 0.25) is 0 Å². The summed E-state index contributed by atoms with van der Waals surface area (Å²) in [6.07, 6.45) is 13.1. The lowest BCUT2D eigenvalue weighted by Crippen LogP contribution is -2.46. The first kappa shape index (κ1) is 29.2. The largest absolute Gasteiger partial charge is 0.473 e. The number of nitrogens with zero attached hydrogens (tertiary/aromatic N) is 2. The Kier molecular flexibility index (Phi) is 9.11. The molecule has 216 valence electrons. The first-order valence-electron chi connectivity index (χ1n) is 14.0. The molecule has 5 rings (SSSR count). The highest BCUT2D eigenvalue weighted by Gasteiger charge is 2.52. The van der Waals surface area contributed by atoms with E-state index in [1.807, 2.05) is 11.8 Å². The highest BCUT2D eigenvalue weighted by molar-refractivity contribution is 9.09. The van der Waals surface area contributed by atoms with Gasteiger partial charge in [0, 0.05) is 23.7 Å². The zero-order valence-corrected chi connectivity index (χ0v) is 25.7. The Morgan fingerprint density at radius 3 is 2.50 bits per heavy atom. The normalized spacial score (nSPS) is 36.7. The first-order valence-corrected chi connectivity index (χ1v) is 19.0. The van der Waals surface area contributed by atoms with Crippen molar-refractivity contribution in [3.8, 4) is 0 Å². The molecule has 0 aromatic heterocycles. The predicted molar refractivity (Wildman–Crippen MR) is 152 cm³/mol. The van der Waals surface area contributed by atoms with Crippen LogP contribution in [-0.2, 0) is 25.0 Å². The molecular formula is C25H40BrN2O7S3+. The van der Waals surface area contributed by atoms with Crippen molar-refractivity contribution < 1.29 is 35.3 Å². The van der Waals surface area contributed by atoms with Gasteiger partial charge in [0.15, 0.2) is 11.9 Å². The maximum Gasteiger partial charge on any atom is 0.265 e. The average molecular weight is 657 g/mol. The van der Waals surface area contributed by atoms with E-state index < -0.39 is 20.2 Å². The van der Waals surface area contributed by atoms with E-state index in [1.165, 1.54) is 32.1 Å². The molecule has 1 saturated heterocycles. The Bertz CT molecular complexity index is 1160. The number of hydrogen-bond acceptors (Lipinski definition) is 7. The Morgan fingerprint density at radius 1 is 1.00 bits per heavy atom. The topological polar surface area (TPSA) is 124 Å². The maximum absolute atomic E-state index is 11.5. The van der Waals surface area contributed by atoms with Gasteiger partial charge in [-0.15, -0.1) is 0 Å². The summed E-state index contributed by atoms with van der Waals surface area (Å²) in [5.74, 6) is 1.53. The van der Waals surface area contributed by atoms with Crippen LogP contribution in [-0.4, -0.2) is 93.3 Å². The van der Waals surface area contributed by atoms with Crippen LogP contribution >= 0.6 is 27.7 Å². The van der Waals surface area contributed by atoms with Gasteiger partial charge < -0.3 is 9.64 Å². The fourth-order valence-electron chi connectivity index (χ4n) is 7.43. The number of ether oxygens (including phenoxy) is 1. The quantitative estimate of drug-likeness (QED) is 0.216. The SMILES string of the molecule is O=S(=O)(O)CCCN1C(=CC2=[N+](CCCS(=O)(=O)O)C3C(CCC4CCCCC43)S2)OC2CCC(Br)CC21. The van der Waals surface area contributed by atoms with Crippen LogP contribution in [0.25, 0.3) is 0 Å². The second-order valence-electron chi connectivity index (χ2n) is 11.6. The van der Waals surface area contributed by atoms with Gasteiger partial charge in [0.05, 0.1) is 28.9 Å². The Balaban J connectivity index is 1.45. The van der Waals surface area contributed by atoms with Crippen molar-refractivity contribution in [3.63, 3.8) is 0 Å². The molecular weight excluding hydrogens is 616 g/mol. The predicted octanol–water partition coefficient (Wildman–Crippen LogP) is 3.90. The van der Waals surface area contributed by atoms with Crippen LogP contribution in [0.4, 0.5) is 0 Å². The van der Waals surface area contributed by atoms with Gasteiger partial charge in [0.1, 0.15) is 12.6 Å². The number of fused-ring (bicyclic) bond motifs is 4. The molecule has 0 aromatic carbocycles. The molecule has 0 bridgehead atoms. The van der Waals surface area contributed by atoms with Crippen molar-refractivity contribution >= 4 is 53.0 Å². The third-order valence-electron chi connectivity index (χ3n) is 9.02. The zero-order valence-electron chi connectivity index (χ0n) is 21.7. The molecule has 0 spiro atoms. The van der Waals surface area contributed by atoms with Gasteiger partial charge in [-0.3, -0.25) is 9.11 Å². The van der Waals surface area contributed by atoms with Crippen LogP contribution in [0.5, 0.6) is 0 Å². The highest BCUT2D eigenvalue weighted by Crippen LogP contribution is 2.49. The van der Waals surface area contributed by atoms with Gasteiger partial charge in [-0.05, 0) is 69.0 Å². The van der Waals surface area contributed by atoms with E-state index >= 15 is 0 Å². The number of rotatable bonds is 9. The van der Waals surface area contributed by atoms with Crippen molar-refractivity contribution in [2.75, 3.05) is 24.6 Å². The van der Waals surface area contributed by atoms with Gasteiger partial charge in [-0.25, -0.2) is 4.58 Å². The second-order valence-corrected chi connectivity index (χ2v) is 17.3. The average Bonchev–Trinajstić information content (AvgIpc) is 3.35. The molecule has 0 aromatic rings. The van der Waals surface area contributed by atoms with Crippen molar-refractivity contribution in [2.24, 2.45) is 11.8 Å². The summed E-state index contributed by atoms with van der Waals surface area (Å²) in [6, 6.07) is 0.502. The van der Waals surface area contributed by atoms with E-state index in [-0.39, 0.29) is 23.7 Å². The van der Waals surface area contributed by atoms with Crippen molar-refractivity contribution in [1.82, 2.24) is 4.90 Å². The Hall–Kier alpha value is -0.340. The van der Waals surface area contributed by atoms with Crippen molar-refractivity contribution in [3.05, 3.63) is 12.0 Å². The van der Waals surface area contributed by atoms with E-state index in [0.29, 0.717) is 48.0 Å². The third kappa shape index (κ3) is 6.92. The number of hydrogen-bond donors (Lipinski definition) is 2. The van der Waals surface area contributed by atoms with Gasteiger partial charge >= 0.3 is 0 Å². The van der Waals surface area contributed by atoms with Gasteiger partial charge in [-0.2, -0.15) is 16.8 Å². The minimum absolute atomic E-state index is 0.0470. The van der Waals surface area contributed by atoms with E-state index in [0.717, 1.165) is 42.5 Å². The lowest BCUT2D eigenvalue weighted by molar-refractivity contribution is -0.572. The molecule has 7 atom stereocenters.